The van der Waals surface area contributed by atoms with Crippen molar-refractivity contribution in [1.82, 2.24) is 15.1 Å². The number of alkyl halides is 3. The summed E-state index contributed by atoms with van der Waals surface area (Å²) < 4.78 is 47.2. The molecule has 7 nitrogen and oxygen atoms in total. The number of hydrogen-bond acceptors (Lipinski definition) is 7. The van der Waals surface area contributed by atoms with Gasteiger partial charge in [-0.25, -0.2) is 4.99 Å². The lowest BCUT2D eigenvalue weighted by atomic mass is 10.0. The number of halogens is 3. The third-order valence-electron chi connectivity index (χ3n) is 3.91. The van der Waals surface area contributed by atoms with Crippen molar-refractivity contribution in [3.63, 3.8) is 0 Å². The molecule has 1 aromatic carbocycles. The van der Waals surface area contributed by atoms with Gasteiger partial charge >= 0.3 is 12.1 Å². The van der Waals surface area contributed by atoms with Gasteiger partial charge in [0.1, 0.15) is 6.61 Å². The molecule has 0 bridgehead atoms. The summed E-state index contributed by atoms with van der Waals surface area (Å²) in [4.78, 5) is 23.7. The Morgan fingerprint density at radius 1 is 1.14 bits per heavy atom. The molecule has 28 heavy (non-hydrogen) atoms. The highest BCUT2D eigenvalue weighted by Gasteiger charge is 2.38. The maximum Gasteiger partial charge on any atom is 0.471 e. The summed E-state index contributed by atoms with van der Waals surface area (Å²) in [7, 11) is 0. The second-order valence-electron chi connectivity index (χ2n) is 5.89. The highest BCUT2D eigenvalue weighted by Crippen LogP contribution is 2.29. The molecule has 1 aliphatic heterocycles. The van der Waals surface area contributed by atoms with Crippen LogP contribution in [0.2, 0.25) is 0 Å². The van der Waals surface area contributed by atoms with Gasteiger partial charge in [0.05, 0.1) is 11.4 Å². The SMILES string of the molecule is O=C1Cc2ccccc2N=C1OCc1ccc(-c2noc(C(F)(F)F)n2)cn1. The van der Waals surface area contributed by atoms with Gasteiger partial charge in [-0.3, -0.25) is 9.78 Å². The van der Waals surface area contributed by atoms with E-state index in [1.54, 1.807) is 6.07 Å². The van der Waals surface area contributed by atoms with Crippen molar-refractivity contribution in [1.29, 1.82) is 0 Å². The van der Waals surface area contributed by atoms with Crippen molar-refractivity contribution in [3.8, 4) is 11.4 Å². The third kappa shape index (κ3) is 3.61. The van der Waals surface area contributed by atoms with Crippen molar-refractivity contribution < 1.29 is 27.2 Å². The number of ketones is 1. The summed E-state index contributed by atoms with van der Waals surface area (Å²) in [6.45, 7) is -0.0208. The second kappa shape index (κ2) is 6.87. The van der Waals surface area contributed by atoms with Gasteiger partial charge in [-0.1, -0.05) is 23.4 Å². The van der Waals surface area contributed by atoms with Crippen LogP contribution in [0.5, 0.6) is 0 Å². The maximum absolute atomic E-state index is 12.5. The number of carbonyl (C=O) groups excluding carboxylic acids is 1. The maximum atomic E-state index is 12.5. The number of pyridine rings is 1. The molecule has 3 aromatic rings. The van der Waals surface area contributed by atoms with Crippen LogP contribution in [0, 0.1) is 0 Å². The number of aromatic nitrogens is 3. The summed E-state index contributed by atoms with van der Waals surface area (Å²) in [6.07, 6.45) is -3.21. The average Bonchev–Trinajstić information content (AvgIpc) is 3.17. The van der Waals surface area contributed by atoms with Gasteiger partial charge in [-0.15, -0.1) is 0 Å². The lowest BCUT2D eigenvalue weighted by Gasteiger charge is -2.14. The molecule has 10 heteroatoms. The first-order valence-corrected chi connectivity index (χ1v) is 8.09. The first-order valence-electron chi connectivity index (χ1n) is 8.09. The zero-order chi connectivity index (χ0) is 19.7. The van der Waals surface area contributed by atoms with Gasteiger partial charge in [0.25, 0.3) is 5.90 Å². The van der Waals surface area contributed by atoms with E-state index in [0.717, 1.165) is 5.56 Å². The van der Waals surface area contributed by atoms with Crippen molar-refractivity contribution in [3.05, 3.63) is 59.7 Å². The zero-order valence-electron chi connectivity index (χ0n) is 14.1. The van der Waals surface area contributed by atoms with Crippen molar-refractivity contribution in [2.24, 2.45) is 4.99 Å². The van der Waals surface area contributed by atoms with Crippen LogP contribution in [-0.2, 0) is 28.7 Å². The summed E-state index contributed by atoms with van der Waals surface area (Å²) in [6, 6.07) is 10.3. The molecule has 0 fully saturated rings. The average molecular weight is 388 g/mol. The predicted octanol–water partition coefficient (Wildman–Crippen LogP) is 3.52. The Labute approximate surface area is 155 Å². The summed E-state index contributed by atoms with van der Waals surface area (Å²) in [5.74, 6) is -1.89. The molecule has 0 aliphatic carbocycles. The molecule has 2 aromatic heterocycles. The lowest BCUT2D eigenvalue weighted by molar-refractivity contribution is -0.159. The minimum absolute atomic E-state index is 0.00226. The molecule has 3 heterocycles. The number of para-hydroxylation sites is 1. The largest absolute Gasteiger partial charge is 0.471 e. The van der Waals surface area contributed by atoms with E-state index >= 15 is 0 Å². The van der Waals surface area contributed by atoms with Crippen molar-refractivity contribution in [2.45, 2.75) is 19.2 Å². The second-order valence-corrected chi connectivity index (χ2v) is 5.89. The molecule has 142 valence electrons. The topological polar surface area (TPSA) is 90.5 Å². The summed E-state index contributed by atoms with van der Waals surface area (Å²) in [5, 5.41) is 3.29. The van der Waals surface area contributed by atoms with Gasteiger partial charge in [0, 0.05) is 18.2 Å². The van der Waals surface area contributed by atoms with Crippen LogP contribution in [-0.4, -0.2) is 26.8 Å². The van der Waals surface area contributed by atoms with Crippen LogP contribution in [0.25, 0.3) is 11.4 Å². The van der Waals surface area contributed by atoms with Crippen molar-refractivity contribution >= 4 is 17.4 Å². The van der Waals surface area contributed by atoms with Gasteiger partial charge < -0.3 is 9.26 Å². The van der Waals surface area contributed by atoms with Gasteiger partial charge in [-0.05, 0) is 23.8 Å². The fourth-order valence-electron chi connectivity index (χ4n) is 2.54. The van der Waals surface area contributed by atoms with E-state index in [1.807, 2.05) is 18.2 Å². The first kappa shape index (κ1) is 17.8. The minimum atomic E-state index is -4.71. The number of hydrogen-bond donors (Lipinski definition) is 0. The van der Waals surface area contributed by atoms with Crippen molar-refractivity contribution in [2.75, 3.05) is 0 Å². The van der Waals surface area contributed by atoms with Crippen LogP contribution >= 0.6 is 0 Å². The number of benzene rings is 1. The molecular weight excluding hydrogens is 377 g/mol. The number of nitrogens with zero attached hydrogens (tertiary/aromatic N) is 4. The number of ether oxygens (including phenoxy) is 1. The van der Waals surface area contributed by atoms with E-state index in [-0.39, 0.29) is 36.1 Å². The van der Waals surface area contributed by atoms with Gasteiger partial charge in [0.2, 0.25) is 11.6 Å². The lowest BCUT2D eigenvalue weighted by Crippen LogP contribution is -2.22. The summed E-state index contributed by atoms with van der Waals surface area (Å²) in [5.41, 5.74) is 2.22. The Kier molecular flexibility index (Phi) is 4.38. The molecule has 1 aliphatic rings. The van der Waals surface area contributed by atoms with Crippen LogP contribution in [0.4, 0.5) is 18.9 Å². The molecular formula is C18H11F3N4O3. The first-order chi connectivity index (χ1) is 13.4. The Balaban J connectivity index is 1.45. The number of fused-ring (bicyclic) bond motifs is 1. The molecule has 0 saturated heterocycles. The standard InChI is InChI=1S/C18H11F3N4O3/c19-18(20,21)17-24-15(25-28-17)11-5-6-12(22-8-11)9-27-16-14(26)7-10-3-1-2-4-13(10)23-16/h1-6,8H,7,9H2. The van der Waals surface area contributed by atoms with E-state index in [0.29, 0.717) is 11.4 Å². The Morgan fingerprint density at radius 3 is 2.68 bits per heavy atom. The van der Waals surface area contributed by atoms with E-state index in [1.165, 1.54) is 18.3 Å². The number of carbonyl (C=O) groups is 1. The van der Waals surface area contributed by atoms with E-state index in [4.69, 9.17) is 4.74 Å². The van der Waals surface area contributed by atoms with E-state index in [9.17, 15) is 18.0 Å². The van der Waals surface area contributed by atoms with E-state index in [2.05, 4.69) is 24.6 Å². The monoisotopic (exact) mass is 388 g/mol. The Morgan fingerprint density at radius 2 is 1.96 bits per heavy atom. The zero-order valence-corrected chi connectivity index (χ0v) is 14.1. The van der Waals surface area contributed by atoms with Crippen LogP contribution in [0.3, 0.4) is 0 Å². The molecule has 4 rings (SSSR count). The fraction of sp³-hybridized carbons (Fsp3) is 0.167. The minimum Gasteiger partial charge on any atom is -0.469 e. The number of rotatable bonds is 3. The quantitative estimate of drug-likeness (QED) is 0.682. The highest BCUT2D eigenvalue weighted by molar-refractivity contribution is 6.38. The highest BCUT2D eigenvalue weighted by atomic mass is 19.4. The Bertz CT molecular complexity index is 1060. The Hall–Kier alpha value is -3.56. The van der Waals surface area contributed by atoms with Gasteiger partial charge in [0.15, 0.2) is 0 Å². The molecule has 0 amide bonds. The fourth-order valence-corrected chi connectivity index (χ4v) is 2.54. The molecule has 0 radical (unpaired) electrons. The summed E-state index contributed by atoms with van der Waals surface area (Å²) >= 11 is 0. The number of Topliss-reactive ketones (excluding diaryl/α,β-unsaturated/α-hetero) is 1. The normalized spacial score (nSPS) is 13.8. The number of aliphatic imine (C=N–C) groups is 1. The van der Waals surface area contributed by atoms with Crippen LogP contribution in [0.1, 0.15) is 17.1 Å². The van der Waals surface area contributed by atoms with Crippen LogP contribution < -0.4 is 0 Å². The molecule has 0 saturated carbocycles. The predicted molar refractivity (Wildman–Crippen MR) is 89.6 cm³/mol. The smallest absolute Gasteiger partial charge is 0.469 e. The molecule has 0 N–H and O–H groups in total. The molecule has 0 unspecified atom stereocenters. The van der Waals surface area contributed by atoms with Gasteiger partial charge in [-0.2, -0.15) is 18.2 Å². The molecule has 0 spiro atoms. The van der Waals surface area contributed by atoms with E-state index < -0.39 is 12.1 Å². The molecule has 0 atom stereocenters. The third-order valence-corrected chi connectivity index (χ3v) is 3.91. The van der Waals surface area contributed by atoms with Crippen LogP contribution in [0.15, 0.2) is 52.1 Å².